The molecule has 174 valence electrons. The summed E-state index contributed by atoms with van der Waals surface area (Å²) in [5.41, 5.74) is 1.01. The summed E-state index contributed by atoms with van der Waals surface area (Å²) in [7, 11) is 0. The highest BCUT2D eigenvalue weighted by atomic mass is 35.5. The summed E-state index contributed by atoms with van der Waals surface area (Å²) in [4.78, 5) is 36.6. The molecule has 2 heterocycles. The smallest absolute Gasteiger partial charge is 0.346 e. The number of amides is 1. The predicted molar refractivity (Wildman–Crippen MR) is 131 cm³/mol. The number of benzene rings is 3. The topological polar surface area (TPSA) is 122 Å². The number of carbonyl (C=O) groups excluding carboxylic acids is 1. The summed E-state index contributed by atoms with van der Waals surface area (Å²) >= 11 is 11.3. The fourth-order valence-corrected chi connectivity index (χ4v) is 4.42. The first-order valence-corrected chi connectivity index (χ1v) is 11.5. The summed E-state index contributed by atoms with van der Waals surface area (Å²) in [6, 6.07) is 10.5. The number of alkyl halides is 2. The summed E-state index contributed by atoms with van der Waals surface area (Å²) < 4.78 is 11.2. The Kier molecular flexibility index (Phi) is 5.91. The monoisotopic (exact) mass is 500 g/mol. The van der Waals surface area contributed by atoms with E-state index in [1.807, 2.05) is 12.1 Å². The third-order valence-electron chi connectivity index (χ3n) is 5.77. The van der Waals surface area contributed by atoms with Gasteiger partial charge >= 0.3 is 11.3 Å². The van der Waals surface area contributed by atoms with Gasteiger partial charge in [0.25, 0.3) is 0 Å². The molecular weight excluding hydrogens is 483 g/mol. The van der Waals surface area contributed by atoms with Crippen LogP contribution in [0.3, 0.4) is 0 Å². The lowest BCUT2D eigenvalue weighted by Gasteiger charge is -2.16. The fraction of sp³-hybridized carbons (Fsp3) is 0.208. The molecule has 8 nitrogen and oxygen atoms in total. The molecule has 34 heavy (non-hydrogen) atoms. The third-order valence-corrected chi connectivity index (χ3v) is 6.30. The van der Waals surface area contributed by atoms with Gasteiger partial charge in [-0.15, -0.1) is 23.2 Å². The van der Waals surface area contributed by atoms with Crippen molar-refractivity contribution in [2.45, 2.75) is 19.3 Å². The van der Waals surface area contributed by atoms with Gasteiger partial charge in [0.1, 0.15) is 23.3 Å². The van der Waals surface area contributed by atoms with Crippen LogP contribution in [-0.4, -0.2) is 29.0 Å². The van der Waals surface area contributed by atoms with Gasteiger partial charge in [0.05, 0.1) is 16.7 Å². The summed E-state index contributed by atoms with van der Waals surface area (Å²) in [6.45, 7) is 0.443. The minimum absolute atomic E-state index is 0.0194. The number of hydrogen-bond acceptors (Lipinski definition) is 7. The van der Waals surface area contributed by atoms with E-state index < -0.39 is 17.5 Å². The van der Waals surface area contributed by atoms with Crippen LogP contribution in [0.25, 0.3) is 43.5 Å². The Morgan fingerprint density at radius 2 is 1.68 bits per heavy atom. The van der Waals surface area contributed by atoms with Gasteiger partial charge in [-0.25, -0.2) is 9.59 Å². The van der Waals surface area contributed by atoms with Crippen LogP contribution in [0.2, 0.25) is 0 Å². The standard InChI is InChI=1S/C24H18Cl2N2O6/c25-7-18(29)27-9-11-1-4-17-15(5-11)13-2-3-14-20-16(24(32)34-23(14)31)6-12(10-28-19(30)8-26)22(33-17)21(13)20/h1-6,19,28,30H,7-10H2,(H,27,29). The van der Waals surface area contributed by atoms with Crippen molar-refractivity contribution >= 4 is 72.6 Å². The van der Waals surface area contributed by atoms with Crippen molar-refractivity contribution < 1.29 is 18.7 Å². The molecule has 5 rings (SSSR count). The summed E-state index contributed by atoms with van der Waals surface area (Å²) in [6.07, 6.45) is -0.957. The molecule has 0 saturated heterocycles. The average molecular weight is 501 g/mol. The molecule has 0 bridgehead atoms. The van der Waals surface area contributed by atoms with Gasteiger partial charge in [-0.05, 0) is 35.2 Å². The second-order valence-corrected chi connectivity index (χ2v) is 8.47. The van der Waals surface area contributed by atoms with Crippen molar-refractivity contribution in [1.82, 2.24) is 10.6 Å². The van der Waals surface area contributed by atoms with E-state index in [4.69, 9.17) is 32.0 Å². The molecule has 10 heteroatoms. The van der Waals surface area contributed by atoms with Crippen LogP contribution in [-0.2, 0) is 17.9 Å². The minimum Gasteiger partial charge on any atom is -0.456 e. The van der Waals surface area contributed by atoms with Crippen LogP contribution in [0, 0.1) is 0 Å². The second-order valence-electron chi connectivity index (χ2n) is 7.89. The van der Waals surface area contributed by atoms with Crippen molar-refractivity contribution in [3.8, 4) is 0 Å². The first kappa shape index (κ1) is 22.6. The third kappa shape index (κ3) is 3.78. The Morgan fingerprint density at radius 3 is 2.44 bits per heavy atom. The molecule has 0 fully saturated rings. The van der Waals surface area contributed by atoms with Crippen molar-refractivity contribution in [1.29, 1.82) is 0 Å². The van der Waals surface area contributed by atoms with Crippen molar-refractivity contribution in [2.75, 3.05) is 11.8 Å². The number of halogens is 2. The minimum atomic E-state index is -0.957. The number of nitrogens with one attached hydrogen (secondary N) is 2. The second kappa shape index (κ2) is 8.88. The zero-order valence-corrected chi connectivity index (χ0v) is 19.1. The molecule has 1 unspecified atom stereocenters. The molecule has 2 aromatic heterocycles. The molecule has 1 amide bonds. The SMILES string of the molecule is O=C(CCl)NCc1ccc2oc3c(CNC(O)CCl)cc4c(=O)oc(=O)c5ccc(c2c1)c3c54. The Labute approximate surface area is 201 Å². The van der Waals surface area contributed by atoms with Gasteiger partial charge < -0.3 is 19.3 Å². The highest BCUT2D eigenvalue weighted by Crippen LogP contribution is 2.39. The van der Waals surface area contributed by atoms with E-state index in [1.54, 1.807) is 24.3 Å². The molecule has 0 aliphatic rings. The maximum atomic E-state index is 12.6. The van der Waals surface area contributed by atoms with E-state index in [2.05, 4.69) is 10.6 Å². The van der Waals surface area contributed by atoms with Crippen molar-refractivity contribution in [2.24, 2.45) is 0 Å². The first-order chi connectivity index (χ1) is 16.4. The lowest BCUT2D eigenvalue weighted by molar-refractivity contribution is -0.118. The van der Waals surface area contributed by atoms with Crippen molar-refractivity contribution in [3.63, 3.8) is 0 Å². The predicted octanol–water partition coefficient (Wildman–Crippen LogP) is 3.15. The van der Waals surface area contributed by atoms with Crippen LogP contribution < -0.4 is 21.9 Å². The Hall–Kier alpha value is -3.17. The number of aliphatic hydroxyl groups is 1. The lowest BCUT2D eigenvalue weighted by atomic mass is 9.94. The Morgan fingerprint density at radius 1 is 0.912 bits per heavy atom. The molecule has 0 aliphatic heterocycles. The number of hydrogen-bond donors (Lipinski definition) is 3. The number of carbonyl (C=O) groups is 1. The van der Waals surface area contributed by atoms with Crippen LogP contribution in [0.4, 0.5) is 0 Å². The fourth-order valence-electron chi connectivity index (χ4n) is 4.22. The molecule has 3 N–H and O–H groups in total. The highest BCUT2D eigenvalue weighted by molar-refractivity contribution is 6.27. The van der Waals surface area contributed by atoms with Gasteiger partial charge in [-0.2, -0.15) is 0 Å². The van der Waals surface area contributed by atoms with Gasteiger partial charge in [0, 0.05) is 34.8 Å². The Bertz CT molecular complexity index is 1680. The van der Waals surface area contributed by atoms with E-state index in [0.717, 1.165) is 16.3 Å². The zero-order valence-electron chi connectivity index (χ0n) is 17.6. The zero-order chi connectivity index (χ0) is 24.0. The van der Waals surface area contributed by atoms with Crippen LogP contribution >= 0.6 is 23.2 Å². The van der Waals surface area contributed by atoms with E-state index in [-0.39, 0.29) is 41.5 Å². The van der Waals surface area contributed by atoms with Gasteiger partial charge in [0.15, 0.2) is 0 Å². The number of aliphatic hydroxyl groups excluding tert-OH is 1. The van der Waals surface area contributed by atoms with Crippen LogP contribution in [0.5, 0.6) is 0 Å². The number of fused-ring (bicyclic) bond motifs is 2. The maximum absolute atomic E-state index is 12.6. The highest BCUT2D eigenvalue weighted by Gasteiger charge is 2.21. The summed E-state index contributed by atoms with van der Waals surface area (Å²) in [5.74, 6) is -0.437. The van der Waals surface area contributed by atoms with Gasteiger partial charge in [-0.3, -0.25) is 10.1 Å². The van der Waals surface area contributed by atoms with Gasteiger partial charge in [0.2, 0.25) is 5.91 Å². The van der Waals surface area contributed by atoms with E-state index in [9.17, 15) is 19.5 Å². The average Bonchev–Trinajstić information content (AvgIpc) is 2.85. The Balaban J connectivity index is 1.82. The molecule has 0 radical (unpaired) electrons. The number of rotatable bonds is 7. The largest absolute Gasteiger partial charge is 0.456 e. The normalized spacial score (nSPS) is 12.8. The quantitative estimate of drug-likeness (QED) is 0.136. The van der Waals surface area contributed by atoms with E-state index in [0.29, 0.717) is 27.5 Å². The van der Waals surface area contributed by atoms with E-state index in [1.165, 1.54) is 0 Å². The molecule has 0 spiro atoms. The molecule has 1 atom stereocenters. The molecule has 3 aromatic carbocycles. The molecule has 0 saturated carbocycles. The van der Waals surface area contributed by atoms with Crippen molar-refractivity contribution in [3.05, 3.63) is 68.4 Å². The van der Waals surface area contributed by atoms with Crippen LogP contribution in [0.15, 0.2) is 54.8 Å². The first-order valence-electron chi connectivity index (χ1n) is 10.4. The van der Waals surface area contributed by atoms with E-state index >= 15 is 0 Å². The molecular formula is C24H18Cl2N2O6. The van der Waals surface area contributed by atoms with Gasteiger partial charge in [-0.1, -0.05) is 12.1 Å². The lowest BCUT2D eigenvalue weighted by Crippen LogP contribution is -2.29. The van der Waals surface area contributed by atoms with Crippen LogP contribution in [0.1, 0.15) is 11.1 Å². The molecule has 5 aromatic rings. The maximum Gasteiger partial charge on any atom is 0.346 e. The molecule has 0 aliphatic carbocycles. The summed E-state index contributed by atoms with van der Waals surface area (Å²) in [5, 5.41) is 18.6.